The lowest BCUT2D eigenvalue weighted by molar-refractivity contribution is -0.132. The van der Waals surface area contributed by atoms with E-state index >= 15 is 0 Å². The molecule has 1 amide bonds. The van der Waals surface area contributed by atoms with Crippen LogP contribution in [0.15, 0.2) is 54.7 Å². The summed E-state index contributed by atoms with van der Waals surface area (Å²) in [5, 5.41) is 3.30. The predicted octanol–water partition coefficient (Wildman–Crippen LogP) is 3.04. The maximum Gasteiger partial charge on any atom is 0.223 e. The Bertz CT molecular complexity index is 637. The highest BCUT2D eigenvalue weighted by Crippen LogP contribution is 2.21. The third-order valence-electron chi connectivity index (χ3n) is 4.88. The number of carbonyl (C=O) groups excluding carboxylic acids is 1. The van der Waals surface area contributed by atoms with Crippen LogP contribution in [0.25, 0.3) is 0 Å². The molecule has 1 aromatic heterocycles. The number of rotatable bonds is 7. The molecule has 1 fully saturated rings. The Morgan fingerprint density at radius 2 is 1.84 bits per heavy atom. The Labute approximate surface area is 150 Å². The molecular weight excluding hydrogens is 310 g/mol. The summed E-state index contributed by atoms with van der Waals surface area (Å²) >= 11 is 0. The molecule has 1 aliphatic rings. The summed E-state index contributed by atoms with van der Waals surface area (Å²) < 4.78 is 0. The number of hydrogen-bond donors (Lipinski definition) is 1. The third-order valence-corrected chi connectivity index (χ3v) is 4.88. The summed E-state index contributed by atoms with van der Waals surface area (Å²) in [5.41, 5.74) is 2.42. The van der Waals surface area contributed by atoms with E-state index in [2.05, 4.69) is 40.6 Å². The zero-order valence-electron chi connectivity index (χ0n) is 14.7. The molecule has 0 atom stereocenters. The highest BCUT2D eigenvalue weighted by molar-refractivity contribution is 5.76. The van der Waals surface area contributed by atoms with Gasteiger partial charge in [-0.2, -0.15) is 0 Å². The number of hydrogen-bond acceptors (Lipinski definition) is 3. The Balaban J connectivity index is 1.33. The summed E-state index contributed by atoms with van der Waals surface area (Å²) in [6, 6.07) is 16.6. The summed E-state index contributed by atoms with van der Waals surface area (Å²) in [6.07, 6.45) is 5.72. The van der Waals surface area contributed by atoms with Gasteiger partial charge in [-0.3, -0.25) is 9.78 Å². The maximum absolute atomic E-state index is 12.3. The number of amides is 1. The number of nitrogens with one attached hydrogen (secondary N) is 1. The number of benzene rings is 1. The van der Waals surface area contributed by atoms with E-state index in [4.69, 9.17) is 0 Å². The third kappa shape index (κ3) is 5.68. The second-order valence-electron chi connectivity index (χ2n) is 6.76. The van der Waals surface area contributed by atoms with E-state index in [-0.39, 0.29) is 5.91 Å². The average molecular weight is 337 g/mol. The molecule has 2 aromatic rings. The molecule has 0 spiro atoms. The van der Waals surface area contributed by atoms with Gasteiger partial charge in [0.15, 0.2) is 0 Å². The van der Waals surface area contributed by atoms with Gasteiger partial charge in [0.05, 0.1) is 5.69 Å². The van der Waals surface area contributed by atoms with E-state index in [1.54, 1.807) is 6.20 Å². The zero-order valence-corrected chi connectivity index (χ0v) is 14.7. The van der Waals surface area contributed by atoms with Gasteiger partial charge in [0.2, 0.25) is 5.91 Å². The molecule has 4 nitrogen and oxygen atoms in total. The first-order chi connectivity index (χ1) is 12.3. The van der Waals surface area contributed by atoms with Crippen LogP contribution in [-0.4, -0.2) is 35.4 Å². The Morgan fingerprint density at radius 3 is 2.56 bits per heavy atom. The quantitative estimate of drug-likeness (QED) is 0.790. The molecule has 0 bridgehead atoms. The largest absolute Gasteiger partial charge is 0.343 e. The summed E-state index contributed by atoms with van der Waals surface area (Å²) in [6.45, 7) is 3.22. The van der Waals surface area contributed by atoms with Crippen molar-refractivity contribution in [2.75, 3.05) is 19.6 Å². The van der Waals surface area contributed by atoms with Crippen molar-refractivity contribution in [2.45, 2.75) is 32.2 Å². The normalized spacial score (nSPS) is 15.3. The smallest absolute Gasteiger partial charge is 0.223 e. The summed E-state index contributed by atoms with van der Waals surface area (Å²) in [4.78, 5) is 18.6. The number of carbonyl (C=O) groups is 1. The topological polar surface area (TPSA) is 45.2 Å². The second kappa shape index (κ2) is 9.33. The van der Waals surface area contributed by atoms with Gasteiger partial charge in [-0.25, -0.2) is 0 Å². The van der Waals surface area contributed by atoms with Gasteiger partial charge in [0, 0.05) is 38.8 Å². The standard InChI is InChI=1S/C21H27N3O/c25-21(9-13-22-17-20-8-4-5-12-23-20)24-14-10-19(11-15-24)16-18-6-2-1-3-7-18/h1-8,12,19,22H,9-11,13-17H2. The minimum absolute atomic E-state index is 0.270. The van der Waals surface area contributed by atoms with Crippen LogP contribution in [0.2, 0.25) is 0 Å². The van der Waals surface area contributed by atoms with Crippen LogP contribution >= 0.6 is 0 Å². The first kappa shape index (κ1) is 17.6. The van der Waals surface area contributed by atoms with Crippen LogP contribution in [0.4, 0.5) is 0 Å². The number of likely N-dealkylation sites (tertiary alicyclic amines) is 1. The predicted molar refractivity (Wildman–Crippen MR) is 100 cm³/mol. The molecule has 132 valence electrons. The molecule has 1 aliphatic heterocycles. The van der Waals surface area contributed by atoms with Gasteiger partial charge in [-0.05, 0) is 42.9 Å². The van der Waals surface area contributed by atoms with Gasteiger partial charge in [-0.15, -0.1) is 0 Å². The van der Waals surface area contributed by atoms with Gasteiger partial charge in [0.25, 0.3) is 0 Å². The molecule has 2 heterocycles. The average Bonchev–Trinajstić information content (AvgIpc) is 2.67. The fourth-order valence-corrected chi connectivity index (χ4v) is 3.41. The van der Waals surface area contributed by atoms with Crippen molar-refractivity contribution >= 4 is 5.91 Å². The molecular formula is C21H27N3O. The highest BCUT2D eigenvalue weighted by atomic mass is 16.2. The van der Waals surface area contributed by atoms with Crippen LogP contribution < -0.4 is 5.32 Å². The minimum atomic E-state index is 0.270. The first-order valence-electron chi connectivity index (χ1n) is 9.23. The van der Waals surface area contributed by atoms with Crippen molar-refractivity contribution in [2.24, 2.45) is 5.92 Å². The van der Waals surface area contributed by atoms with Crippen molar-refractivity contribution in [3.05, 3.63) is 66.0 Å². The lowest BCUT2D eigenvalue weighted by atomic mass is 9.90. The Hall–Kier alpha value is -2.20. The Morgan fingerprint density at radius 1 is 1.08 bits per heavy atom. The van der Waals surface area contributed by atoms with Gasteiger partial charge >= 0.3 is 0 Å². The van der Waals surface area contributed by atoms with Crippen molar-refractivity contribution in [3.8, 4) is 0 Å². The first-order valence-corrected chi connectivity index (χ1v) is 9.23. The van der Waals surface area contributed by atoms with E-state index in [0.717, 1.165) is 38.0 Å². The number of nitrogens with zero attached hydrogens (tertiary/aromatic N) is 2. The summed E-state index contributed by atoms with van der Waals surface area (Å²) in [7, 11) is 0. The molecule has 3 rings (SSSR count). The van der Waals surface area contributed by atoms with Crippen LogP contribution in [0.3, 0.4) is 0 Å². The van der Waals surface area contributed by atoms with E-state index in [1.165, 1.54) is 5.56 Å². The lowest BCUT2D eigenvalue weighted by Crippen LogP contribution is -2.39. The molecule has 1 N–H and O–H groups in total. The number of piperidine rings is 1. The van der Waals surface area contributed by atoms with Gasteiger partial charge < -0.3 is 10.2 Å². The molecule has 0 unspecified atom stereocenters. The van der Waals surface area contributed by atoms with E-state index in [9.17, 15) is 4.79 Å². The van der Waals surface area contributed by atoms with Gasteiger partial charge in [-0.1, -0.05) is 36.4 Å². The van der Waals surface area contributed by atoms with Crippen LogP contribution in [0, 0.1) is 5.92 Å². The maximum atomic E-state index is 12.3. The van der Waals surface area contributed by atoms with Crippen molar-refractivity contribution in [1.82, 2.24) is 15.2 Å². The Kier molecular flexibility index (Phi) is 6.57. The monoisotopic (exact) mass is 337 g/mol. The molecule has 1 aromatic carbocycles. The molecule has 1 saturated heterocycles. The number of pyridine rings is 1. The van der Waals surface area contributed by atoms with Crippen molar-refractivity contribution in [1.29, 1.82) is 0 Å². The van der Waals surface area contributed by atoms with E-state index in [1.807, 2.05) is 23.1 Å². The second-order valence-corrected chi connectivity index (χ2v) is 6.76. The molecule has 25 heavy (non-hydrogen) atoms. The molecule has 4 heteroatoms. The van der Waals surface area contributed by atoms with E-state index < -0.39 is 0 Å². The molecule has 0 radical (unpaired) electrons. The van der Waals surface area contributed by atoms with Crippen LogP contribution in [0.5, 0.6) is 0 Å². The molecule has 0 aliphatic carbocycles. The van der Waals surface area contributed by atoms with E-state index in [0.29, 0.717) is 25.4 Å². The highest BCUT2D eigenvalue weighted by Gasteiger charge is 2.22. The molecule has 0 saturated carbocycles. The fourth-order valence-electron chi connectivity index (χ4n) is 3.41. The zero-order chi connectivity index (χ0) is 17.3. The van der Waals surface area contributed by atoms with Crippen LogP contribution in [0.1, 0.15) is 30.5 Å². The fraction of sp³-hybridized carbons (Fsp3) is 0.429. The lowest BCUT2D eigenvalue weighted by Gasteiger charge is -2.32. The van der Waals surface area contributed by atoms with Crippen molar-refractivity contribution < 1.29 is 4.79 Å². The number of aromatic nitrogens is 1. The van der Waals surface area contributed by atoms with Crippen molar-refractivity contribution in [3.63, 3.8) is 0 Å². The van der Waals surface area contributed by atoms with Crippen LogP contribution in [-0.2, 0) is 17.8 Å². The minimum Gasteiger partial charge on any atom is -0.343 e. The van der Waals surface area contributed by atoms with Gasteiger partial charge in [0.1, 0.15) is 0 Å². The SMILES string of the molecule is O=C(CCNCc1ccccn1)N1CCC(Cc2ccccc2)CC1. The summed E-state index contributed by atoms with van der Waals surface area (Å²) in [5.74, 6) is 0.973.